The smallest absolute Gasteiger partial charge is 0.435 e. The van der Waals surface area contributed by atoms with Crippen molar-refractivity contribution in [3.05, 3.63) is 72.8 Å². The molecule has 0 amide bonds. The van der Waals surface area contributed by atoms with E-state index in [1.165, 1.54) is 0 Å². The van der Waals surface area contributed by atoms with Gasteiger partial charge in [0, 0.05) is 11.1 Å². The van der Waals surface area contributed by atoms with Crippen LogP contribution < -0.4 is 5.46 Å². The van der Waals surface area contributed by atoms with Crippen molar-refractivity contribution in [1.29, 1.82) is 0 Å². The van der Waals surface area contributed by atoms with Crippen LogP contribution in [-0.2, 0) is 9.31 Å². The van der Waals surface area contributed by atoms with Gasteiger partial charge in [0.1, 0.15) is 5.52 Å². The highest BCUT2D eigenvalue weighted by Gasteiger charge is 2.51. The molecule has 1 aliphatic heterocycles. The largest absolute Gasteiger partial charge is 0.494 e. The van der Waals surface area contributed by atoms with Crippen LogP contribution in [-0.4, -0.2) is 23.3 Å². The molecule has 0 N–H and O–H groups in total. The van der Waals surface area contributed by atoms with Crippen LogP contribution in [0.4, 0.5) is 0 Å². The van der Waals surface area contributed by atoms with Gasteiger partial charge in [-0.15, -0.1) is 0 Å². The maximum absolute atomic E-state index is 6.30. The lowest BCUT2D eigenvalue weighted by Gasteiger charge is -2.32. The van der Waals surface area contributed by atoms with Crippen LogP contribution in [0.2, 0.25) is 0 Å². The van der Waals surface area contributed by atoms with E-state index >= 15 is 0 Å². The van der Waals surface area contributed by atoms with Crippen molar-refractivity contribution in [3.63, 3.8) is 0 Å². The number of fused-ring (bicyclic) bond motifs is 1. The van der Waals surface area contributed by atoms with Crippen LogP contribution in [0, 0.1) is 0 Å². The molecule has 0 unspecified atom stereocenters. The second-order valence-corrected chi connectivity index (χ2v) is 8.76. The number of aromatic nitrogens is 1. The molecule has 3 aromatic carbocycles. The third kappa shape index (κ3) is 3.15. The van der Waals surface area contributed by atoms with Crippen LogP contribution in [0.3, 0.4) is 0 Å². The molecule has 1 saturated heterocycles. The molecule has 1 aromatic heterocycles. The fraction of sp³-hybridized carbons (Fsp3) is 0.240. The van der Waals surface area contributed by atoms with Gasteiger partial charge in [0.2, 0.25) is 5.89 Å². The van der Waals surface area contributed by atoms with Gasteiger partial charge in [-0.3, -0.25) is 0 Å². The first-order chi connectivity index (χ1) is 14.3. The molecule has 0 bridgehead atoms. The van der Waals surface area contributed by atoms with E-state index in [-0.39, 0.29) is 0 Å². The second kappa shape index (κ2) is 6.83. The van der Waals surface area contributed by atoms with Crippen LogP contribution in [0.1, 0.15) is 27.7 Å². The Hall–Kier alpha value is -2.89. The highest BCUT2D eigenvalue weighted by molar-refractivity contribution is 6.62. The summed E-state index contributed by atoms with van der Waals surface area (Å²) < 4.78 is 18.8. The number of nitrogens with zero attached hydrogens (tertiary/aromatic N) is 1. The molecule has 0 saturated carbocycles. The van der Waals surface area contributed by atoms with Crippen molar-refractivity contribution in [2.45, 2.75) is 38.9 Å². The maximum Gasteiger partial charge on any atom is 0.494 e. The van der Waals surface area contributed by atoms with E-state index in [9.17, 15) is 0 Å². The lowest BCUT2D eigenvalue weighted by molar-refractivity contribution is 0.00578. The van der Waals surface area contributed by atoms with E-state index in [2.05, 4.69) is 45.9 Å². The third-order valence-electron chi connectivity index (χ3n) is 6.14. The minimum absolute atomic E-state index is 0.404. The zero-order chi connectivity index (χ0) is 20.9. The summed E-state index contributed by atoms with van der Waals surface area (Å²) in [5.74, 6) is 0.605. The van der Waals surface area contributed by atoms with Crippen molar-refractivity contribution in [2.75, 3.05) is 0 Å². The summed E-state index contributed by atoms with van der Waals surface area (Å²) in [6, 6.07) is 24.3. The number of benzene rings is 3. The van der Waals surface area contributed by atoms with E-state index in [4.69, 9.17) is 18.7 Å². The lowest BCUT2D eigenvalue weighted by Crippen LogP contribution is -2.41. The molecular formula is C25H24BNO3. The Morgan fingerprint density at radius 2 is 1.30 bits per heavy atom. The summed E-state index contributed by atoms with van der Waals surface area (Å²) in [5, 5.41) is 0. The van der Waals surface area contributed by atoms with Gasteiger partial charge in [-0.2, -0.15) is 0 Å². The lowest BCUT2D eigenvalue weighted by atomic mass is 9.77. The van der Waals surface area contributed by atoms with Gasteiger partial charge in [-0.1, -0.05) is 54.6 Å². The van der Waals surface area contributed by atoms with Crippen LogP contribution in [0.5, 0.6) is 0 Å². The third-order valence-corrected chi connectivity index (χ3v) is 6.14. The quantitative estimate of drug-likeness (QED) is 0.431. The summed E-state index contributed by atoms with van der Waals surface area (Å²) in [4.78, 5) is 4.80. The van der Waals surface area contributed by atoms with Crippen molar-refractivity contribution < 1.29 is 13.7 Å². The number of oxazole rings is 1. The molecule has 0 radical (unpaired) electrons. The molecule has 150 valence electrons. The first-order valence-electron chi connectivity index (χ1n) is 10.2. The van der Waals surface area contributed by atoms with Gasteiger partial charge in [0.15, 0.2) is 5.58 Å². The van der Waals surface area contributed by atoms with Crippen LogP contribution >= 0.6 is 0 Å². The van der Waals surface area contributed by atoms with E-state index in [0.29, 0.717) is 5.89 Å². The van der Waals surface area contributed by atoms with Gasteiger partial charge in [-0.25, -0.2) is 4.98 Å². The van der Waals surface area contributed by atoms with Gasteiger partial charge < -0.3 is 13.7 Å². The molecule has 0 aliphatic carbocycles. The Bertz CT molecular complexity index is 1180. The fourth-order valence-electron chi connectivity index (χ4n) is 3.71. The van der Waals surface area contributed by atoms with E-state index in [0.717, 1.165) is 33.3 Å². The highest BCUT2D eigenvalue weighted by atomic mass is 16.7. The first kappa shape index (κ1) is 19.1. The summed E-state index contributed by atoms with van der Waals surface area (Å²) in [5.41, 5.74) is 4.68. The Morgan fingerprint density at radius 3 is 1.90 bits per heavy atom. The molecule has 1 aliphatic rings. The average Bonchev–Trinajstić information content (AvgIpc) is 3.26. The molecule has 5 rings (SSSR count). The minimum Gasteiger partial charge on any atom is -0.435 e. The fourth-order valence-corrected chi connectivity index (χ4v) is 3.71. The first-order valence-corrected chi connectivity index (χ1v) is 10.2. The standard InChI is InChI=1S/C25H24BNO3/c1-24(2)25(3,4)30-26(29-24)19-15-20(17-11-7-5-8-12-17)22-21(16-19)27-23(28-22)18-13-9-6-10-14-18/h5-16H,1-4H3. The zero-order valence-electron chi connectivity index (χ0n) is 17.7. The molecule has 30 heavy (non-hydrogen) atoms. The predicted molar refractivity (Wildman–Crippen MR) is 121 cm³/mol. The molecule has 1 fully saturated rings. The maximum atomic E-state index is 6.30. The van der Waals surface area contributed by atoms with Crippen LogP contribution in [0.15, 0.2) is 77.2 Å². The molecule has 4 aromatic rings. The minimum atomic E-state index is -0.460. The normalized spacial score (nSPS) is 17.5. The molecular weight excluding hydrogens is 373 g/mol. The Balaban J connectivity index is 1.68. The molecule has 5 heteroatoms. The van der Waals surface area contributed by atoms with Crippen molar-refractivity contribution in [3.8, 4) is 22.6 Å². The Labute approximate surface area is 177 Å². The molecule has 2 heterocycles. The molecule has 4 nitrogen and oxygen atoms in total. The van der Waals surface area contributed by atoms with Crippen molar-refractivity contribution >= 4 is 23.7 Å². The van der Waals surface area contributed by atoms with E-state index in [1.54, 1.807) is 0 Å². The number of rotatable bonds is 3. The predicted octanol–water partition coefficient (Wildman–Crippen LogP) is 5.46. The van der Waals surface area contributed by atoms with Gasteiger partial charge >= 0.3 is 7.12 Å². The van der Waals surface area contributed by atoms with Gasteiger partial charge in [-0.05, 0) is 56.9 Å². The number of hydrogen-bond acceptors (Lipinski definition) is 4. The summed E-state index contributed by atoms with van der Waals surface area (Å²) in [6.45, 7) is 8.25. The summed E-state index contributed by atoms with van der Waals surface area (Å²) >= 11 is 0. The number of hydrogen-bond donors (Lipinski definition) is 0. The monoisotopic (exact) mass is 397 g/mol. The van der Waals surface area contributed by atoms with Crippen molar-refractivity contribution in [2.24, 2.45) is 0 Å². The Morgan fingerprint density at radius 1 is 0.733 bits per heavy atom. The molecule has 0 atom stereocenters. The molecule has 0 spiro atoms. The van der Waals surface area contributed by atoms with Crippen LogP contribution in [0.25, 0.3) is 33.7 Å². The second-order valence-electron chi connectivity index (χ2n) is 8.76. The van der Waals surface area contributed by atoms with E-state index in [1.807, 2.05) is 54.6 Å². The van der Waals surface area contributed by atoms with Gasteiger partial charge in [0.25, 0.3) is 0 Å². The summed E-state index contributed by atoms with van der Waals surface area (Å²) in [7, 11) is -0.460. The Kier molecular flexibility index (Phi) is 4.35. The van der Waals surface area contributed by atoms with Crippen molar-refractivity contribution in [1.82, 2.24) is 4.98 Å². The highest BCUT2D eigenvalue weighted by Crippen LogP contribution is 2.38. The average molecular weight is 397 g/mol. The summed E-state index contributed by atoms with van der Waals surface area (Å²) in [6.07, 6.45) is 0. The van der Waals surface area contributed by atoms with Gasteiger partial charge in [0.05, 0.1) is 11.2 Å². The SMILES string of the molecule is CC1(C)OB(c2cc(-c3ccccc3)c3oc(-c4ccccc4)nc3c2)OC1(C)C. The topological polar surface area (TPSA) is 44.5 Å². The van der Waals surface area contributed by atoms with E-state index < -0.39 is 18.3 Å². The zero-order valence-corrected chi connectivity index (χ0v) is 17.7.